The van der Waals surface area contributed by atoms with E-state index in [-0.39, 0.29) is 17.2 Å². The highest BCUT2D eigenvalue weighted by molar-refractivity contribution is 7.99. The number of para-hydroxylation sites is 1. The van der Waals surface area contributed by atoms with Crippen molar-refractivity contribution in [1.29, 1.82) is 0 Å². The first-order chi connectivity index (χ1) is 13.7. The Kier molecular flexibility index (Phi) is 7.88. The van der Waals surface area contributed by atoms with E-state index in [0.717, 1.165) is 45.7 Å². The van der Waals surface area contributed by atoms with E-state index in [9.17, 15) is 9.59 Å². The molecule has 1 aromatic heterocycles. The maximum absolute atomic E-state index is 13.0. The van der Waals surface area contributed by atoms with Gasteiger partial charge in [0.25, 0.3) is 5.56 Å². The Balaban J connectivity index is 1.76. The molecule has 8 heteroatoms. The number of amides is 1. The van der Waals surface area contributed by atoms with Gasteiger partial charge < -0.3 is 10.1 Å². The molecule has 0 radical (unpaired) electrons. The number of nitrogens with zero attached hydrogens (tertiary/aromatic N) is 3. The Morgan fingerprint density at radius 2 is 2.04 bits per heavy atom. The van der Waals surface area contributed by atoms with Crippen LogP contribution in [-0.4, -0.2) is 65.5 Å². The summed E-state index contributed by atoms with van der Waals surface area (Å²) in [5, 5.41) is 4.12. The molecule has 0 bridgehead atoms. The number of hydrogen-bond acceptors (Lipinski definition) is 6. The molecule has 28 heavy (non-hydrogen) atoms. The van der Waals surface area contributed by atoms with E-state index >= 15 is 0 Å². The van der Waals surface area contributed by atoms with Crippen LogP contribution in [0, 0.1) is 0 Å². The summed E-state index contributed by atoms with van der Waals surface area (Å²) in [6.07, 6.45) is 2.01. The Hall–Kier alpha value is -1.90. The highest BCUT2D eigenvalue weighted by Crippen LogP contribution is 2.18. The summed E-state index contributed by atoms with van der Waals surface area (Å²) in [5.41, 5.74) is 0.622. The molecule has 1 fully saturated rings. The van der Waals surface area contributed by atoms with Gasteiger partial charge in [0.1, 0.15) is 0 Å². The van der Waals surface area contributed by atoms with Crippen LogP contribution in [-0.2, 0) is 16.1 Å². The number of carbonyl (C=O) groups excluding carboxylic acids is 1. The first-order valence-electron chi connectivity index (χ1n) is 9.88. The summed E-state index contributed by atoms with van der Waals surface area (Å²) >= 11 is 1.33. The number of rotatable bonds is 9. The van der Waals surface area contributed by atoms with Gasteiger partial charge in [-0.2, -0.15) is 0 Å². The zero-order valence-corrected chi connectivity index (χ0v) is 17.2. The number of aromatic nitrogens is 2. The second-order valence-electron chi connectivity index (χ2n) is 6.81. The largest absolute Gasteiger partial charge is 0.379 e. The van der Waals surface area contributed by atoms with Crippen molar-refractivity contribution in [2.75, 3.05) is 45.1 Å². The van der Waals surface area contributed by atoms with Crippen LogP contribution in [0.4, 0.5) is 0 Å². The van der Waals surface area contributed by atoms with E-state index in [1.54, 1.807) is 4.57 Å². The number of thioether (sulfide) groups is 1. The van der Waals surface area contributed by atoms with E-state index in [2.05, 4.69) is 22.1 Å². The summed E-state index contributed by atoms with van der Waals surface area (Å²) in [4.78, 5) is 32.1. The van der Waals surface area contributed by atoms with Crippen LogP contribution >= 0.6 is 11.8 Å². The average Bonchev–Trinajstić information content (AvgIpc) is 2.73. The average molecular weight is 405 g/mol. The molecule has 0 unspecified atom stereocenters. The van der Waals surface area contributed by atoms with Crippen LogP contribution in [0.5, 0.6) is 0 Å². The van der Waals surface area contributed by atoms with Crippen LogP contribution in [0.1, 0.15) is 19.8 Å². The molecule has 1 aromatic carbocycles. The molecule has 7 nitrogen and oxygen atoms in total. The molecule has 0 aliphatic carbocycles. The zero-order chi connectivity index (χ0) is 19.8. The number of benzene rings is 1. The number of morpholine rings is 1. The summed E-state index contributed by atoms with van der Waals surface area (Å²) < 4.78 is 7.10. The Labute approximate surface area is 169 Å². The van der Waals surface area contributed by atoms with Crippen molar-refractivity contribution in [3.8, 4) is 0 Å². The van der Waals surface area contributed by atoms with Gasteiger partial charge in [0.2, 0.25) is 5.91 Å². The second kappa shape index (κ2) is 10.6. The minimum Gasteiger partial charge on any atom is -0.379 e. The van der Waals surface area contributed by atoms with E-state index in [1.165, 1.54) is 11.8 Å². The first kappa shape index (κ1) is 20.8. The van der Waals surface area contributed by atoms with Gasteiger partial charge in [0.15, 0.2) is 5.16 Å². The Bertz CT molecular complexity index is 849. The fraction of sp³-hybridized carbons (Fsp3) is 0.550. The molecule has 1 aliphatic rings. The predicted molar refractivity (Wildman–Crippen MR) is 112 cm³/mol. The number of ether oxygens (including phenoxy) is 1. The molecular formula is C20H28N4O3S. The van der Waals surface area contributed by atoms with Gasteiger partial charge in [0.05, 0.1) is 29.9 Å². The van der Waals surface area contributed by atoms with Gasteiger partial charge in [-0.3, -0.25) is 19.1 Å². The number of carbonyl (C=O) groups is 1. The van der Waals surface area contributed by atoms with E-state index in [1.807, 2.05) is 24.3 Å². The van der Waals surface area contributed by atoms with Crippen molar-refractivity contribution in [2.24, 2.45) is 0 Å². The van der Waals surface area contributed by atoms with E-state index < -0.39 is 0 Å². The molecular weight excluding hydrogens is 376 g/mol. The highest BCUT2D eigenvalue weighted by Gasteiger charge is 2.15. The molecule has 0 saturated carbocycles. The van der Waals surface area contributed by atoms with Crippen LogP contribution < -0.4 is 10.9 Å². The third kappa shape index (κ3) is 5.56. The lowest BCUT2D eigenvalue weighted by molar-refractivity contribution is -0.118. The van der Waals surface area contributed by atoms with Gasteiger partial charge in [-0.15, -0.1) is 0 Å². The standard InChI is InChI=1S/C20H28N4O3S/c1-2-3-8-21-18(25)15-28-20-22-17-7-5-4-6-16(17)19(26)24(20)10-9-23-11-13-27-14-12-23/h4-7H,2-3,8-15H2,1H3,(H,21,25). The topological polar surface area (TPSA) is 76.5 Å². The zero-order valence-electron chi connectivity index (χ0n) is 16.4. The molecule has 152 valence electrons. The van der Waals surface area contributed by atoms with Gasteiger partial charge in [0, 0.05) is 32.7 Å². The second-order valence-corrected chi connectivity index (χ2v) is 7.76. The Morgan fingerprint density at radius 1 is 1.25 bits per heavy atom. The van der Waals surface area contributed by atoms with Crippen molar-refractivity contribution in [3.63, 3.8) is 0 Å². The predicted octanol–water partition coefficient (Wildman–Crippen LogP) is 1.74. The Morgan fingerprint density at radius 3 is 2.82 bits per heavy atom. The maximum Gasteiger partial charge on any atom is 0.262 e. The number of nitrogens with one attached hydrogen (secondary N) is 1. The fourth-order valence-electron chi connectivity index (χ4n) is 3.11. The summed E-state index contributed by atoms with van der Waals surface area (Å²) in [6.45, 7) is 7.29. The molecule has 0 spiro atoms. The number of fused-ring (bicyclic) bond motifs is 1. The maximum atomic E-state index is 13.0. The lowest BCUT2D eigenvalue weighted by atomic mass is 10.2. The first-order valence-corrected chi connectivity index (χ1v) is 10.9. The fourth-order valence-corrected chi connectivity index (χ4v) is 3.96. The third-order valence-electron chi connectivity index (χ3n) is 4.76. The van der Waals surface area contributed by atoms with Crippen LogP contribution in [0.25, 0.3) is 10.9 Å². The molecule has 0 atom stereocenters. The molecule has 2 heterocycles. The SMILES string of the molecule is CCCCNC(=O)CSc1nc2ccccc2c(=O)n1CCN1CCOCC1. The smallest absolute Gasteiger partial charge is 0.262 e. The van der Waals surface area contributed by atoms with Crippen LogP contribution in [0.3, 0.4) is 0 Å². The van der Waals surface area contributed by atoms with Gasteiger partial charge in [-0.1, -0.05) is 37.2 Å². The van der Waals surface area contributed by atoms with Crippen molar-refractivity contribution >= 4 is 28.6 Å². The number of unbranched alkanes of at least 4 members (excludes halogenated alkanes) is 1. The molecule has 1 saturated heterocycles. The summed E-state index contributed by atoms with van der Waals surface area (Å²) in [6, 6.07) is 7.38. The minimum absolute atomic E-state index is 0.0272. The number of hydrogen-bond donors (Lipinski definition) is 1. The van der Waals surface area contributed by atoms with Gasteiger partial charge in [-0.25, -0.2) is 4.98 Å². The lowest BCUT2D eigenvalue weighted by Crippen LogP contribution is -2.39. The molecule has 1 amide bonds. The minimum atomic E-state index is -0.0484. The lowest BCUT2D eigenvalue weighted by Gasteiger charge is -2.27. The normalized spacial score (nSPS) is 15.0. The quantitative estimate of drug-likeness (QED) is 0.390. The van der Waals surface area contributed by atoms with Crippen molar-refractivity contribution < 1.29 is 9.53 Å². The van der Waals surface area contributed by atoms with Gasteiger partial charge in [-0.05, 0) is 18.6 Å². The molecule has 1 aliphatic heterocycles. The van der Waals surface area contributed by atoms with E-state index in [4.69, 9.17) is 4.74 Å². The van der Waals surface area contributed by atoms with Crippen molar-refractivity contribution in [1.82, 2.24) is 19.8 Å². The highest BCUT2D eigenvalue weighted by atomic mass is 32.2. The molecule has 2 aromatic rings. The monoisotopic (exact) mass is 404 g/mol. The van der Waals surface area contributed by atoms with Crippen LogP contribution in [0.2, 0.25) is 0 Å². The molecule has 1 N–H and O–H groups in total. The summed E-state index contributed by atoms with van der Waals surface area (Å²) in [7, 11) is 0. The third-order valence-corrected chi connectivity index (χ3v) is 5.73. The van der Waals surface area contributed by atoms with Gasteiger partial charge >= 0.3 is 0 Å². The molecule has 3 rings (SSSR count). The van der Waals surface area contributed by atoms with Crippen LogP contribution in [0.15, 0.2) is 34.2 Å². The van der Waals surface area contributed by atoms with Crippen molar-refractivity contribution in [3.05, 3.63) is 34.6 Å². The van der Waals surface area contributed by atoms with Crippen molar-refractivity contribution in [2.45, 2.75) is 31.5 Å². The summed E-state index contributed by atoms with van der Waals surface area (Å²) in [5.74, 6) is 0.229. The van der Waals surface area contributed by atoms with E-state index in [0.29, 0.717) is 29.1 Å².